The summed E-state index contributed by atoms with van der Waals surface area (Å²) < 4.78 is 0. The van der Waals surface area contributed by atoms with Gasteiger partial charge in [0.2, 0.25) is 5.91 Å². The smallest absolute Gasteiger partial charge is 0.223 e. The fourth-order valence-electron chi connectivity index (χ4n) is 3.75. The van der Waals surface area contributed by atoms with E-state index in [1.54, 1.807) is 6.07 Å². The van der Waals surface area contributed by atoms with Gasteiger partial charge in [-0.15, -0.1) is 0 Å². The van der Waals surface area contributed by atoms with Crippen LogP contribution in [0.1, 0.15) is 45.6 Å². The molecule has 0 unspecified atom stereocenters. The van der Waals surface area contributed by atoms with Gasteiger partial charge in [0, 0.05) is 12.5 Å². The van der Waals surface area contributed by atoms with Crippen LogP contribution >= 0.6 is 0 Å². The Kier molecular flexibility index (Phi) is 4.99. The lowest BCUT2D eigenvalue weighted by atomic mass is 9.64. The van der Waals surface area contributed by atoms with Crippen molar-refractivity contribution in [1.82, 2.24) is 5.32 Å². The van der Waals surface area contributed by atoms with E-state index in [9.17, 15) is 15.0 Å². The summed E-state index contributed by atoms with van der Waals surface area (Å²) in [5.41, 5.74) is 0.949. The number of phenolic OH excluding ortho intramolecular Hbond substituents is 2. The van der Waals surface area contributed by atoms with Crippen molar-refractivity contribution in [1.29, 1.82) is 0 Å². The van der Waals surface area contributed by atoms with Gasteiger partial charge in [-0.1, -0.05) is 33.3 Å². The number of aromatic hydroxyl groups is 2. The van der Waals surface area contributed by atoms with Crippen molar-refractivity contribution in [2.45, 2.75) is 46.5 Å². The standard InChI is InChI=1S/C18H27NO3/c1-12-5-4-9-18(2,3)16(12)17(22)19-10-8-13-6-7-14(20)15(21)11-13/h6-7,11-12,16,20-21H,4-5,8-10H2,1-3H3,(H,19,22)/t12-,16-/m0/s1. The van der Waals surface area contributed by atoms with Gasteiger partial charge in [0.1, 0.15) is 0 Å². The Morgan fingerprint density at radius 3 is 2.68 bits per heavy atom. The molecule has 0 aliphatic heterocycles. The summed E-state index contributed by atoms with van der Waals surface area (Å²) in [6, 6.07) is 4.77. The van der Waals surface area contributed by atoms with Crippen LogP contribution in [0.5, 0.6) is 11.5 Å². The van der Waals surface area contributed by atoms with Crippen molar-refractivity contribution in [3.8, 4) is 11.5 Å². The maximum absolute atomic E-state index is 12.5. The highest BCUT2D eigenvalue weighted by molar-refractivity contribution is 5.79. The van der Waals surface area contributed by atoms with Crippen molar-refractivity contribution in [3.63, 3.8) is 0 Å². The van der Waals surface area contributed by atoms with Crippen LogP contribution in [0.4, 0.5) is 0 Å². The van der Waals surface area contributed by atoms with E-state index in [-0.39, 0.29) is 28.7 Å². The molecule has 1 saturated carbocycles. The first-order valence-electron chi connectivity index (χ1n) is 8.10. The van der Waals surface area contributed by atoms with Crippen LogP contribution in [0.25, 0.3) is 0 Å². The average Bonchev–Trinajstić information content (AvgIpc) is 2.41. The SMILES string of the molecule is C[C@H]1CCCC(C)(C)[C@@H]1C(=O)NCCc1ccc(O)c(O)c1. The van der Waals surface area contributed by atoms with E-state index in [4.69, 9.17) is 0 Å². The molecule has 1 aromatic carbocycles. The van der Waals surface area contributed by atoms with Crippen LogP contribution in [0.3, 0.4) is 0 Å². The second kappa shape index (κ2) is 6.59. The van der Waals surface area contributed by atoms with Crippen LogP contribution in [0.2, 0.25) is 0 Å². The lowest BCUT2D eigenvalue weighted by Crippen LogP contribution is -2.45. The van der Waals surface area contributed by atoms with Crippen LogP contribution in [-0.4, -0.2) is 22.7 Å². The number of rotatable bonds is 4. The minimum atomic E-state index is -0.120. The molecule has 0 radical (unpaired) electrons. The van der Waals surface area contributed by atoms with Crippen molar-refractivity contribution >= 4 is 5.91 Å². The van der Waals surface area contributed by atoms with Gasteiger partial charge in [-0.05, 0) is 48.3 Å². The second-order valence-electron chi connectivity index (χ2n) is 7.20. The molecule has 2 atom stereocenters. The summed E-state index contributed by atoms with van der Waals surface area (Å²) in [5.74, 6) is 0.382. The molecular weight excluding hydrogens is 278 g/mol. The third kappa shape index (κ3) is 3.73. The van der Waals surface area contributed by atoms with Crippen LogP contribution in [0, 0.1) is 17.3 Å². The Morgan fingerprint density at radius 2 is 2.05 bits per heavy atom. The topological polar surface area (TPSA) is 69.6 Å². The van der Waals surface area contributed by atoms with Gasteiger partial charge in [0.15, 0.2) is 11.5 Å². The highest BCUT2D eigenvalue weighted by Gasteiger charge is 2.41. The molecule has 0 spiro atoms. The van der Waals surface area contributed by atoms with Gasteiger partial charge in [-0.2, -0.15) is 0 Å². The first-order valence-corrected chi connectivity index (χ1v) is 8.10. The minimum absolute atomic E-state index is 0.0541. The van der Waals surface area contributed by atoms with E-state index in [1.807, 2.05) is 0 Å². The Labute approximate surface area is 132 Å². The van der Waals surface area contributed by atoms with Gasteiger partial charge in [0.25, 0.3) is 0 Å². The lowest BCUT2D eigenvalue weighted by Gasteiger charge is -2.41. The number of phenols is 2. The summed E-state index contributed by atoms with van der Waals surface area (Å²) in [5, 5.41) is 21.8. The van der Waals surface area contributed by atoms with Gasteiger partial charge >= 0.3 is 0 Å². The molecule has 0 heterocycles. The fourth-order valence-corrected chi connectivity index (χ4v) is 3.75. The molecule has 0 bridgehead atoms. The minimum Gasteiger partial charge on any atom is -0.504 e. The number of hydrogen-bond donors (Lipinski definition) is 3. The van der Waals surface area contributed by atoms with Crippen molar-refractivity contribution in [2.75, 3.05) is 6.54 Å². The van der Waals surface area contributed by atoms with Crippen molar-refractivity contribution in [3.05, 3.63) is 23.8 Å². The first kappa shape index (κ1) is 16.7. The third-order valence-corrected chi connectivity index (χ3v) is 4.93. The van der Waals surface area contributed by atoms with E-state index in [0.717, 1.165) is 18.4 Å². The van der Waals surface area contributed by atoms with E-state index in [1.165, 1.54) is 18.6 Å². The van der Waals surface area contributed by atoms with Gasteiger partial charge in [0.05, 0.1) is 0 Å². The molecule has 2 rings (SSSR count). The Balaban J connectivity index is 1.90. The number of carbonyl (C=O) groups is 1. The zero-order valence-electron chi connectivity index (χ0n) is 13.7. The molecule has 3 N–H and O–H groups in total. The molecule has 22 heavy (non-hydrogen) atoms. The largest absolute Gasteiger partial charge is 0.504 e. The number of nitrogens with one attached hydrogen (secondary N) is 1. The third-order valence-electron chi connectivity index (χ3n) is 4.93. The first-order chi connectivity index (χ1) is 10.3. The molecule has 122 valence electrons. The molecule has 1 aliphatic carbocycles. The molecule has 0 aromatic heterocycles. The van der Waals surface area contributed by atoms with Crippen molar-refractivity contribution in [2.24, 2.45) is 17.3 Å². The van der Waals surface area contributed by atoms with Gasteiger partial charge < -0.3 is 15.5 Å². The molecule has 4 heteroatoms. The average molecular weight is 305 g/mol. The highest BCUT2D eigenvalue weighted by atomic mass is 16.3. The van der Waals surface area contributed by atoms with Crippen molar-refractivity contribution < 1.29 is 15.0 Å². The number of benzene rings is 1. The monoisotopic (exact) mass is 305 g/mol. The number of carbonyl (C=O) groups excluding carboxylic acids is 1. The Morgan fingerprint density at radius 1 is 1.32 bits per heavy atom. The molecule has 0 saturated heterocycles. The quantitative estimate of drug-likeness (QED) is 0.748. The number of amides is 1. The van der Waals surface area contributed by atoms with E-state index < -0.39 is 0 Å². The number of hydrogen-bond acceptors (Lipinski definition) is 3. The summed E-state index contributed by atoms with van der Waals surface area (Å²) in [6.07, 6.45) is 4.06. The van der Waals surface area contributed by atoms with Crippen LogP contribution in [0.15, 0.2) is 18.2 Å². The lowest BCUT2D eigenvalue weighted by molar-refractivity contribution is -0.132. The predicted molar refractivity (Wildman–Crippen MR) is 86.8 cm³/mol. The Hall–Kier alpha value is -1.71. The molecule has 1 amide bonds. The van der Waals surface area contributed by atoms with Crippen LogP contribution in [-0.2, 0) is 11.2 Å². The normalized spacial score (nSPS) is 24.0. The zero-order chi connectivity index (χ0) is 16.3. The van der Waals surface area contributed by atoms with E-state index in [0.29, 0.717) is 18.9 Å². The fraction of sp³-hybridized carbons (Fsp3) is 0.611. The molecule has 4 nitrogen and oxygen atoms in total. The summed E-state index contributed by atoms with van der Waals surface area (Å²) in [4.78, 5) is 12.5. The predicted octanol–water partition coefficient (Wildman–Crippen LogP) is 3.22. The zero-order valence-corrected chi connectivity index (χ0v) is 13.7. The van der Waals surface area contributed by atoms with E-state index >= 15 is 0 Å². The summed E-state index contributed by atoms with van der Waals surface area (Å²) >= 11 is 0. The molecule has 1 fully saturated rings. The maximum Gasteiger partial charge on any atom is 0.223 e. The molecular formula is C18H27NO3. The maximum atomic E-state index is 12.5. The van der Waals surface area contributed by atoms with Gasteiger partial charge in [-0.3, -0.25) is 4.79 Å². The Bertz CT molecular complexity index is 539. The molecule has 1 aliphatic rings. The summed E-state index contributed by atoms with van der Waals surface area (Å²) in [7, 11) is 0. The second-order valence-corrected chi connectivity index (χ2v) is 7.20. The van der Waals surface area contributed by atoms with E-state index in [2.05, 4.69) is 26.1 Å². The molecule has 1 aromatic rings. The summed E-state index contributed by atoms with van der Waals surface area (Å²) in [6.45, 7) is 7.08. The van der Waals surface area contributed by atoms with Crippen LogP contribution < -0.4 is 5.32 Å². The van der Waals surface area contributed by atoms with Gasteiger partial charge in [-0.25, -0.2) is 0 Å². The highest BCUT2D eigenvalue weighted by Crippen LogP contribution is 2.43.